The molecule has 146 valence electrons. The summed E-state index contributed by atoms with van der Waals surface area (Å²) in [6, 6.07) is 5.96. The highest BCUT2D eigenvalue weighted by Crippen LogP contribution is 2.35. The van der Waals surface area contributed by atoms with Crippen molar-refractivity contribution >= 4 is 34.4 Å². The van der Waals surface area contributed by atoms with Crippen molar-refractivity contribution in [2.24, 2.45) is 7.05 Å². The highest BCUT2D eigenvalue weighted by atomic mass is 32.1. The number of nitrogens with zero attached hydrogens (tertiary/aromatic N) is 4. The second-order valence-electron chi connectivity index (χ2n) is 6.21. The molecule has 8 nitrogen and oxygen atoms in total. The maximum atomic E-state index is 12.6. The van der Waals surface area contributed by atoms with Crippen molar-refractivity contribution in [1.29, 1.82) is 0 Å². The predicted molar refractivity (Wildman–Crippen MR) is 109 cm³/mol. The molecule has 1 aromatic carbocycles. The lowest BCUT2D eigenvalue weighted by atomic mass is 10.1. The van der Waals surface area contributed by atoms with Crippen LogP contribution in [-0.4, -0.2) is 41.7 Å². The smallest absolute Gasteiger partial charge is 0.339 e. The Morgan fingerprint density at radius 3 is 2.62 bits per heavy atom. The number of carbonyl (C=O) groups is 2. The van der Waals surface area contributed by atoms with Crippen LogP contribution in [0.1, 0.15) is 31.5 Å². The molecule has 0 amide bonds. The Labute approximate surface area is 172 Å². The van der Waals surface area contributed by atoms with Crippen LogP contribution in [0.2, 0.25) is 0 Å². The number of benzene rings is 1. The van der Waals surface area contributed by atoms with E-state index in [9.17, 15) is 14.7 Å². The van der Waals surface area contributed by atoms with Gasteiger partial charge in [-0.2, -0.15) is 5.10 Å². The summed E-state index contributed by atoms with van der Waals surface area (Å²) < 4.78 is 1.56. The average Bonchev–Trinajstić information content (AvgIpc) is 3.40. The molecule has 0 saturated heterocycles. The van der Waals surface area contributed by atoms with Crippen LogP contribution in [0.15, 0.2) is 35.8 Å². The lowest BCUT2D eigenvalue weighted by molar-refractivity contribution is 0.0693. The summed E-state index contributed by atoms with van der Waals surface area (Å²) in [5.41, 5.74) is 2.13. The summed E-state index contributed by atoms with van der Waals surface area (Å²) >= 11 is 2.61. The molecule has 10 heteroatoms. The van der Waals surface area contributed by atoms with Crippen LogP contribution < -0.4 is 0 Å². The predicted octanol–water partition coefficient (Wildman–Crippen LogP) is 3.61. The topological polar surface area (TPSA) is 118 Å². The van der Waals surface area contributed by atoms with Crippen molar-refractivity contribution in [3.05, 3.63) is 57.8 Å². The zero-order valence-corrected chi connectivity index (χ0v) is 16.9. The third kappa shape index (κ3) is 3.55. The molecule has 0 aliphatic heterocycles. The maximum Gasteiger partial charge on any atom is 0.339 e. The normalized spacial score (nSPS) is 11.0. The van der Waals surface area contributed by atoms with Gasteiger partial charge >= 0.3 is 5.97 Å². The molecule has 29 heavy (non-hydrogen) atoms. The van der Waals surface area contributed by atoms with E-state index < -0.39 is 5.97 Å². The monoisotopic (exact) mass is 426 g/mol. The number of hydrogen-bond acceptors (Lipinski definition) is 8. The molecule has 0 fully saturated rings. The minimum absolute atomic E-state index is 0.165. The number of ketones is 1. The molecule has 0 aliphatic carbocycles. The molecule has 4 aromatic rings. The van der Waals surface area contributed by atoms with Crippen LogP contribution in [0.4, 0.5) is 0 Å². The number of aryl methyl sites for hydroxylation is 2. The lowest BCUT2D eigenvalue weighted by Gasteiger charge is -2.01. The first kappa shape index (κ1) is 19.0. The molecular weight excluding hydrogens is 412 g/mol. The third-order valence-electron chi connectivity index (χ3n) is 4.15. The molecule has 0 atom stereocenters. The van der Waals surface area contributed by atoms with Gasteiger partial charge in [-0.15, -0.1) is 22.7 Å². The molecule has 4 rings (SSSR count). The average molecular weight is 426 g/mol. The van der Waals surface area contributed by atoms with Crippen LogP contribution in [0.25, 0.3) is 21.1 Å². The Morgan fingerprint density at radius 1 is 1.17 bits per heavy atom. The summed E-state index contributed by atoms with van der Waals surface area (Å²) in [4.78, 5) is 33.4. The number of rotatable bonds is 5. The van der Waals surface area contributed by atoms with Gasteiger partial charge in [0.1, 0.15) is 22.0 Å². The van der Waals surface area contributed by atoms with Gasteiger partial charge in [0.25, 0.3) is 0 Å². The second-order valence-corrected chi connectivity index (χ2v) is 8.07. The summed E-state index contributed by atoms with van der Waals surface area (Å²) in [6.07, 6.45) is 1.70. The van der Waals surface area contributed by atoms with Crippen molar-refractivity contribution in [2.45, 2.75) is 6.92 Å². The summed E-state index contributed by atoms with van der Waals surface area (Å²) in [6.45, 7) is 1.81. The van der Waals surface area contributed by atoms with E-state index >= 15 is 0 Å². The van der Waals surface area contributed by atoms with Crippen molar-refractivity contribution in [2.75, 3.05) is 0 Å². The standard InChI is InChI=1S/C19H14N4O4S2/c1-9-16(29-18(20-9)15(25)12-5-6-23(2)22-12)13-8-28-17(21-13)10-3-4-11(19(26)27)14(24)7-10/h3-8,24H,1-2H3,(H,26,27). The van der Waals surface area contributed by atoms with E-state index in [-0.39, 0.29) is 17.1 Å². The van der Waals surface area contributed by atoms with E-state index in [1.807, 2.05) is 12.3 Å². The van der Waals surface area contributed by atoms with Gasteiger partial charge in [0.05, 0.1) is 16.3 Å². The fourth-order valence-corrected chi connectivity index (χ4v) is 4.59. The first-order valence-corrected chi connectivity index (χ1v) is 10.1. The van der Waals surface area contributed by atoms with Gasteiger partial charge < -0.3 is 10.2 Å². The first-order valence-electron chi connectivity index (χ1n) is 8.38. The number of phenols is 1. The molecule has 0 saturated carbocycles. The number of carbonyl (C=O) groups excluding carboxylic acids is 1. The summed E-state index contributed by atoms with van der Waals surface area (Å²) in [7, 11) is 1.74. The van der Waals surface area contributed by atoms with Crippen LogP contribution in [-0.2, 0) is 7.05 Å². The molecule has 0 spiro atoms. The fraction of sp³-hybridized carbons (Fsp3) is 0.105. The summed E-state index contributed by atoms with van der Waals surface area (Å²) in [5, 5.41) is 25.9. The van der Waals surface area contributed by atoms with Gasteiger partial charge in [-0.05, 0) is 25.1 Å². The van der Waals surface area contributed by atoms with Crippen molar-refractivity contribution < 1.29 is 19.8 Å². The van der Waals surface area contributed by atoms with Crippen LogP contribution >= 0.6 is 22.7 Å². The minimum atomic E-state index is -1.20. The molecule has 3 aromatic heterocycles. The van der Waals surface area contributed by atoms with Crippen molar-refractivity contribution in [3.63, 3.8) is 0 Å². The Morgan fingerprint density at radius 2 is 1.97 bits per heavy atom. The third-order valence-corrected chi connectivity index (χ3v) is 6.22. The van der Waals surface area contributed by atoms with Crippen LogP contribution in [0.3, 0.4) is 0 Å². The largest absolute Gasteiger partial charge is 0.507 e. The number of aromatic nitrogens is 4. The van der Waals surface area contributed by atoms with Crippen LogP contribution in [0.5, 0.6) is 5.75 Å². The molecule has 3 heterocycles. The molecule has 0 aliphatic rings. The van der Waals surface area contributed by atoms with Gasteiger partial charge in [0.2, 0.25) is 5.78 Å². The number of hydrogen-bond donors (Lipinski definition) is 2. The quantitative estimate of drug-likeness (QED) is 0.468. The Balaban J connectivity index is 1.65. The molecule has 0 unspecified atom stereocenters. The van der Waals surface area contributed by atoms with E-state index in [2.05, 4.69) is 15.1 Å². The van der Waals surface area contributed by atoms with E-state index in [1.54, 1.807) is 30.1 Å². The molecule has 0 bridgehead atoms. The number of aromatic carboxylic acids is 1. The number of carboxylic acid groups (broad SMARTS) is 1. The molecule has 0 radical (unpaired) electrons. The van der Waals surface area contributed by atoms with Gasteiger partial charge in [0, 0.05) is 24.2 Å². The molecule has 2 N–H and O–H groups in total. The maximum absolute atomic E-state index is 12.6. The van der Waals surface area contributed by atoms with Gasteiger partial charge in [-0.25, -0.2) is 14.8 Å². The Kier molecular flexibility index (Phi) is 4.73. The Hall–Kier alpha value is -3.37. The number of carboxylic acids is 1. The second kappa shape index (κ2) is 7.22. The first-order chi connectivity index (χ1) is 13.8. The lowest BCUT2D eigenvalue weighted by Crippen LogP contribution is -2.02. The minimum Gasteiger partial charge on any atom is -0.507 e. The van der Waals surface area contributed by atoms with Gasteiger partial charge in [-0.1, -0.05) is 6.07 Å². The fourth-order valence-electron chi connectivity index (χ4n) is 2.73. The highest BCUT2D eigenvalue weighted by Gasteiger charge is 2.21. The summed E-state index contributed by atoms with van der Waals surface area (Å²) in [5.74, 6) is -1.75. The van der Waals surface area contributed by atoms with Gasteiger partial charge in [-0.3, -0.25) is 9.48 Å². The zero-order valence-electron chi connectivity index (χ0n) is 15.3. The van der Waals surface area contributed by atoms with E-state index in [4.69, 9.17) is 5.11 Å². The van der Waals surface area contributed by atoms with Gasteiger partial charge in [0.15, 0.2) is 5.01 Å². The van der Waals surface area contributed by atoms with Crippen molar-refractivity contribution in [1.82, 2.24) is 19.7 Å². The number of aromatic hydroxyl groups is 1. The van der Waals surface area contributed by atoms with E-state index in [1.165, 1.54) is 34.8 Å². The SMILES string of the molecule is Cc1nc(C(=O)c2ccn(C)n2)sc1-c1csc(-c2ccc(C(=O)O)c(O)c2)n1. The highest BCUT2D eigenvalue weighted by molar-refractivity contribution is 7.18. The Bertz CT molecular complexity index is 1250. The van der Waals surface area contributed by atoms with Crippen molar-refractivity contribution in [3.8, 4) is 26.9 Å². The zero-order chi connectivity index (χ0) is 20.7. The van der Waals surface area contributed by atoms with Crippen LogP contribution in [0, 0.1) is 6.92 Å². The number of thiazole rings is 2. The van der Waals surface area contributed by atoms with E-state index in [0.717, 1.165) is 4.88 Å². The molecular formula is C19H14N4O4S2. The van der Waals surface area contributed by atoms with E-state index in [0.29, 0.717) is 32.7 Å².